The fourth-order valence-electron chi connectivity index (χ4n) is 5.83. The van der Waals surface area contributed by atoms with Gasteiger partial charge in [-0.25, -0.2) is 0 Å². The van der Waals surface area contributed by atoms with Crippen LogP contribution in [-0.2, 0) is 22.1 Å². The molecule has 2 N–H and O–H groups in total. The quantitative estimate of drug-likeness (QED) is 0.547. The lowest BCUT2D eigenvalue weighted by Crippen LogP contribution is -2.52. The Hall–Kier alpha value is -2.42. The van der Waals surface area contributed by atoms with Crippen molar-refractivity contribution >= 4 is 17.8 Å². The summed E-state index contributed by atoms with van der Waals surface area (Å²) in [6, 6.07) is 1.95. The molecule has 1 aromatic heterocycles. The standard InChI is InChI=1S/C28H47N5O4/c1-17(2)31(8)19-10-11-21(18(14-19)16-28(6,7)26(36)37)33-13-12-20(25(33)35)29-24(34)22-15-23(27(3,4)5)30-32(22)9/h15,17-21H,10-14,16H2,1-9H3,(H,29,34)(H,36,37)/t18-,19+,20?,21-/m0/s1. The zero-order valence-corrected chi connectivity index (χ0v) is 24.2. The van der Waals surface area contributed by atoms with E-state index in [0.29, 0.717) is 37.2 Å². The average Bonchev–Trinajstić information content (AvgIpc) is 3.35. The molecule has 0 aromatic carbocycles. The Morgan fingerprint density at radius 1 is 1.19 bits per heavy atom. The fourth-order valence-corrected chi connectivity index (χ4v) is 5.83. The second-order valence-electron chi connectivity index (χ2n) is 13.1. The highest BCUT2D eigenvalue weighted by Gasteiger charge is 2.45. The monoisotopic (exact) mass is 517 g/mol. The normalized spacial score (nSPS) is 25.3. The van der Waals surface area contributed by atoms with Crippen LogP contribution in [0.2, 0.25) is 0 Å². The van der Waals surface area contributed by atoms with Crippen LogP contribution in [0.25, 0.3) is 0 Å². The number of carbonyl (C=O) groups is 3. The molecule has 9 heteroatoms. The number of amides is 2. The molecule has 2 amide bonds. The van der Waals surface area contributed by atoms with Crippen LogP contribution in [0.3, 0.4) is 0 Å². The highest BCUT2D eigenvalue weighted by molar-refractivity contribution is 5.97. The third-order valence-corrected chi connectivity index (χ3v) is 8.48. The van der Waals surface area contributed by atoms with Crippen molar-refractivity contribution in [3.8, 4) is 0 Å². The maximum absolute atomic E-state index is 13.6. The third-order valence-electron chi connectivity index (χ3n) is 8.48. The first-order chi connectivity index (χ1) is 17.0. The average molecular weight is 518 g/mol. The van der Waals surface area contributed by atoms with E-state index >= 15 is 0 Å². The highest BCUT2D eigenvalue weighted by atomic mass is 16.4. The number of carboxylic acids is 1. The van der Waals surface area contributed by atoms with Crippen molar-refractivity contribution in [3.05, 3.63) is 17.5 Å². The Bertz CT molecular complexity index is 1010. The lowest BCUT2D eigenvalue weighted by Gasteiger charge is -2.46. The van der Waals surface area contributed by atoms with Gasteiger partial charge in [0, 0.05) is 37.1 Å². The molecule has 1 aliphatic heterocycles. The topological polar surface area (TPSA) is 108 Å². The van der Waals surface area contributed by atoms with Gasteiger partial charge in [0.05, 0.1) is 11.1 Å². The van der Waals surface area contributed by atoms with E-state index in [0.717, 1.165) is 25.0 Å². The molecular weight excluding hydrogens is 470 g/mol. The second-order valence-corrected chi connectivity index (χ2v) is 13.1. The molecule has 1 unspecified atom stereocenters. The molecule has 1 saturated carbocycles. The van der Waals surface area contributed by atoms with Crippen molar-refractivity contribution in [2.75, 3.05) is 13.6 Å². The van der Waals surface area contributed by atoms with Gasteiger partial charge in [-0.05, 0) is 78.8 Å². The number of nitrogens with zero attached hydrogens (tertiary/aromatic N) is 4. The molecule has 37 heavy (non-hydrogen) atoms. The molecule has 2 aliphatic rings. The van der Waals surface area contributed by atoms with Gasteiger partial charge in [0.25, 0.3) is 5.91 Å². The summed E-state index contributed by atoms with van der Waals surface area (Å²) in [6.45, 7) is 14.6. The van der Waals surface area contributed by atoms with Gasteiger partial charge < -0.3 is 20.2 Å². The Labute approximate surface area is 221 Å². The molecule has 1 saturated heterocycles. The van der Waals surface area contributed by atoms with Crippen molar-refractivity contribution in [2.45, 2.75) is 110 Å². The zero-order valence-electron chi connectivity index (χ0n) is 24.2. The van der Waals surface area contributed by atoms with E-state index in [4.69, 9.17) is 0 Å². The highest BCUT2D eigenvalue weighted by Crippen LogP contribution is 2.40. The number of aryl methyl sites for hydroxylation is 1. The SMILES string of the molecule is CC(C)N(C)[C@@H]1CC[C@H](N2CCC(NC(=O)c3cc(C(C)(C)C)nn3C)C2=O)[C@H](CC(C)(C)C(=O)O)C1. The summed E-state index contributed by atoms with van der Waals surface area (Å²) in [4.78, 5) is 42.9. The number of carbonyl (C=O) groups excluding carboxylic acids is 2. The maximum Gasteiger partial charge on any atom is 0.309 e. The summed E-state index contributed by atoms with van der Waals surface area (Å²) in [7, 11) is 3.87. The van der Waals surface area contributed by atoms with Gasteiger partial charge in [-0.3, -0.25) is 19.1 Å². The first-order valence-corrected chi connectivity index (χ1v) is 13.6. The molecule has 208 valence electrons. The van der Waals surface area contributed by atoms with Gasteiger partial charge in [-0.1, -0.05) is 20.8 Å². The van der Waals surface area contributed by atoms with Crippen LogP contribution in [0.4, 0.5) is 0 Å². The summed E-state index contributed by atoms with van der Waals surface area (Å²) >= 11 is 0. The predicted octanol–water partition coefficient (Wildman–Crippen LogP) is 3.43. The van der Waals surface area contributed by atoms with Gasteiger partial charge in [0.2, 0.25) is 5.91 Å². The van der Waals surface area contributed by atoms with Crippen LogP contribution in [0.1, 0.15) is 96.8 Å². The number of hydrogen-bond donors (Lipinski definition) is 2. The van der Waals surface area contributed by atoms with E-state index in [1.165, 1.54) is 0 Å². The van der Waals surface area contributed by atoms with Crippen LogP contribution in [0, 0.1) is 11.3 Å². The fraction of sp³-hybridized carbons (Fsp3) is 0.786. The van der Waals surface area contributed by atoms with E-state index in [1.54, 1.807) is 31.6 Å². The molecule has 3 rings (SSSR count). The van der Waals surface area contributed by atoms with Gasteiger partial charge >= 0.3 is 5.97 Å². The van der Waals surface area contributed by atoms with Crippen LogP contribution in [0.5, 0.6) is 0 Å². The molecule has 1 aliphatic carbocycles. The van der Waals surface area contributed by atoms with E-state index < -0.39 is 17.4 Å². The first kappa shape index (κ1) is 29.1. The van der Waals surface area contributed by atoms with Crippen LogP contribution < -0.4 is 5.32 Å². The number of aromatic nitrogens is 2. The third kappa shape index (κ3) is 6.36. The molecule has 2 heterocycles. The molecule has 0 radical (unpaired) electrons. The number of aliphatic carboxylic acids is 1. The van der Waals surface area contributed by atoms with E-state index in [2.05, 4.69) is 36.2 Å². The summed E-state index contributed by atoms with van der Waals surface area (Å²) in [5.41, 5.74) is 0.209. The van der Waals surface area contributed by atoms with Crippen molar-refractivity contribution in [1.82, 2.24) is 24.9 Å². The van der Waals surface area contributed by atoms with Crippen molar-refractivity contribution in [3.63, 3.8) is 0 Å². The second kappa shape index (κ2) is 10.8. The number of hydrogen-bond acceptors (Lipinski definition) is 5. The Morgan fingerprint density at radius 3 is 2.38 bits per heavy atom. The van der Waals surface area contributed by atoms with E-state index in [-0.39, 0.29) is 29.2 Å². The first-order valence-electron chi connectivity index (χ1n) is 13.6. The van der Waals surface area contributed by atoms with Gasteiger partial charge in [0.15, 0.2) is 0 Å². The minimum atomic E-state index is -0.873. The Balaban J connectivity index is 1.75. The molecule has 4 atom stereocenters. The Kier molecular flexibility index (Phi) is 8.47. The number of likely N-dealkylation sites (tertiary alicyclic amines) is 1. The summed E-state index contributed by atoms with van der Waals surface area (Å²) in [5, 5.41) is 17.3. The summed E-state index contributed by atoms with van der Waals surface area (Å²) < 4.78 is 1.57. The van der Waals surface area contributed by atoms with Crippen LogP contribution in [-0.4, -0.2) is 80.2 Å². The lowest BCUT2D eigenvalue weighted by atomic mass is 9.71. The van der Waals surface area contributed by atoms with Crippen LogP contribution in [0.15, 0.2) is 6.07 Å². The predicted molar refractivity (Wildman–Crippen MR) is 143 cm³/mol. The molecule has 2 fully saturated rings. The summed E-state index contributed by atoms with van der Waals surface area (Å²) in [6.07, 6.45) is 3.73. The number of nitrogens with one attached hydrogen (secondary N) is 1. The van der Waals surface area contributed by atoms with Gasteiger partial charge in [0.1, 0.15) is 11.7 Å². The maximum atomic E-state index is 13.6. The smallest absolute Gasteiger partial charge is 0.309 e. The van der Waals surface area contributed by atoms with Gasteiger partial charge in [-0.15, -0.1) is 0 Å². The molecule has 1 aromatic rings. The molecule has 0 bridgehead atoms. The molecular formula is C28H47N5O4. The number of carboxylic acid groups (broad SMARTS) is 1. The zero-order chi connectivity index (χ0) is 27.9. The minimum Gasteiger partial charge on any atom is -0.481 e. The largest absolute Gasteiger partial charge is 0.481 e. The summed E-state index contributed by atoms with van der Waals surface area (Å²) in [5.74, 6) is -1.09. The minimum absolute atomic E-state index is 0.0194. The number of rotatable bonds is 8. The molecule has 0 spiro atoms. The van der Waals surface area contributed by atoms with Crippen LogP contribution >= 0.6 is 0 Å². The van der Waals surface area contributed by atoms with E-state index in [9.17, 15) is 19.5 Å². The lowest BCUT2D eigenvalue weighted by molar-refractivity contribution is -0.148. The van der Waals surface area contributed by atoms with Crippen molar-refractivity contribution < 1.29 is 19.5 Å². The molecule has 9 nitrogen and oxygen atoms in total. The van der Waals surface area contributed by atoms with Crippen molar-refractivity contribution in [1.29, 1.82) is 0 Å². The van der Waals surface area contributed by atoms with E-state index in [1.807, 2.05) is 25.7 Å². The Morgan fingerprint density at radius 2 is 1.84 bits per heavy atom. The van der Waals surface area contributed by atoms with Gasteiger partial charge in [-0.2, -0.15) is 5.10 Å². The van der Waals surface area contributed by atoms with Crippen molar-refractivity contribution in [2.24, 2.45) is 18.4 Å².